The van der Waals surface area contributed by atoms with Crippen LogP contribution < -0.4 is 5.32 Å². The number of pyridine rings is 1. The molecule has 2 aromatic rings. The van der Waals surface area contributed by atoms with Gasteiger partial charge in [-0.3, -0.25) is 9.78 Å². The van der Waals surface area contributed by atoms with Crippen LogP contribution in [0.2, 0.25) is 0 Å². The lowest BCUT2D eigenvalue weighted by Crippen LogP contribution is -2.30. The van der Waals surface area contributed by atoms with Gasteiger partial charge in [0.1, 0.15) is 0 Å². The number of carbonyl (C=O) groups is 1. The van der Waals surface area contributed by atoms with Crippen molar-refractivity contribution in [2.45, 2.75) is 52.1 Å². The van der Waals surface area contributed by atoms with Crippen molar-refractivity contribution in [3.8, 4) is 0 Å². The lowest BCUT2D eigenvalue weighted by Gasteiger charge is -2.14. The van der Waals surface area contributed by atoms with Crippen LogP contribution in [0.3, 0.4) is 0 Å². The second-order valence-corrected chi connectivity index (χ2v) is 5.78. The van der Waals surface area contributed by atoms with E-state index < -0.39 is 0 Å². The molecule has 0 saturated carbocycles. The van der Waals surface area contributed by atoms with E-state index in [-0.39, 0.29) is 11.8 Å². The summed E-state index contributed by atoms with van der Waals surface area (Å²) in [4.78, 5) is 16.8. The van der Waals surface area contributed by atoms with Crippen LogP contribution in [0.25, 0.3) is 0 Å². The summed E-state index contributed by atoms with van der Waals surface area (Å²) < 4.78 is 1.75. The zero-order valence-corrected chi connectivity index (χ0v) is 12.9. The summed E-state index contributed by atoms with van der Waals surface area (Å²) >= 11 is 0. The summed E-state index contributed by atoms with van der Waals surface area (Å²) in [5.41, 5.74) is 3.15. The Balaban J connectivity index is 1.70. The van der Waals surface area contributed by atoms with Gasteiger partial charge in [0, 0.05) is 25.0 Å². The highest BCUT2D eigenvalue weighted by molar-refractivity contribution is 5.82. The summed E-state index contributed by atoms with van der Waals surface area (Å²) in [7, 11) is 0. The van der Waals surface area contributed by atoms with Gasteiger partial charge in [0.15, 0.2) is 5.82 Å². The molecule has 7 heteroatoms. The molecule has 0 spiro atoms. The van der Waals surface area contributed by atoms with E-state index in [0.717, 1.165) is 42.6 Å². The highest BCUT2D eigenvalue weighted by Gasteiger charge is 2.28. The molecule has 3 heterocycles. The molecular formula is C15H20N6O. The van der Waals surface area contributed by atoms with Crippen LogP contribution in [-0.2, 0) is 17.9 Å². The Morgan fingerprint density at radius 2 is 2.27 bits per heavy atom. The fraction of sp³-hybridized carbons (Fsp3) is 0.533. The number of aryl methyl sites for hydroxylation is 3. The van der Waals surface area contributed by atoms with Crippen LogP contribution in [0.1, 0.15) is 47.8 Å². The van der Waals surface area contributed by atoms with Crippen LogP contribution in [0.5, 0.6) is 0 Å². The van der Waals surface area contributed by atoms with Gasteiger partial charge in [-0.1, -0.05) is 6.42 Å². The molecule has 0 unspecified atom stereocenters. The smallest absolute Gasteiger partial charge is 0.231 e. The maximum atomic E-state index is 12.5. The van der Waals surface area contributed by atoms with Gasteiger partial charge in [0.25, 0.3) is 0 Å². The van der Waals surface area contributed by atoms with E-state index >= 15 is 0 Å². The van der Waals surface area contributed by atoms with Crippen molar-refractivity contribution in [3.05, 3.63) is 34.9 Å². The minimum atomic E-state index is -0.267. The third-order valence-electron chi connectivity index (χ3n) is 4.11. The Morgan fingerprint density at radius 1 is 1.41 bits per heavy atom. The first kappa shape index (κ1) is 14.6. The minimum Gasteiger partial charge on any atom is -0.351 e. The zero-order chi connectivity index (χ0) is 15.5. The van der Waals surface area contributed by atoms with Crippen LogP contribution in [0, 0.1) is 13.8 Å². The van der Waals surface area contributed by atoms with E-state index in [1.54, 1.807) is 4.68 Å². The van der Waals surface area contributed by atoms with Crippen LogP contribution >= 0.6 is 0 Å². The number of nitrogens with zero attached hydrogens (tertiary/aromatic N) is 5. The molecule has 1 aliphatic rings. The van der Waals surface area contributed by atoms with Crippen LogP contribution in [-0.4, -0.2) is 31.1 Å². The summed E-state index contributed by atoms with van der Waals surface area (Å²) in [5, 5.41) is 14.7. The standard InChI is InChI=1S/C15H20N6O/c1-10-7-11(2)16-8-12(10)9-17-15(22)13-5-3-4-6-21-14(13)18-19-20-21/h7-8,13H,3-6,9H2,1-2H3,(H,17,22)/t13-/m0/s1. The Kier molecular flexibility index (Phi) is 4.13. The molecule has 0 bridgehead atoms. The van der Waals surface area contributed by atoms with E-state index in [4.69, 9.17) is 0 Å². The predicted molar refractivity (Wildman–Crippen MR) is 80.0 cm³/mol. The molecule has 1 N–H and O–H groups in total. The average molecular weight is 300 g/mol. The molecule has 2 aromatic heterocycles. The van der Waals surface area contributed by atoms with Gasteiger partial charge < -0.3 is 5.32 Å². The van der Waals surface area contributed by atoms with Crippen molar-refractivity contribution < 1.29 is 4.79 Å². The van der Waals surface area contributed by atoms with E-state index in [1.807, 2.05) is 26.1 Å². The van der Waals surface area contributed by atoms with Crippen molar-refractivity contribution in [3.63, 3.8) is 0 Å². The average Bonchev–Trinajstić information content (AvgIpc) is 2.85. The van der Waals surface area contributed by atoms with Gasteiger partial charge in [-0.2, -0.15) is 0 Å². The maximum absolute atomic E-state index is 12.5. The van der Waals surface area contributed by atoms with Gasteiger partial charge in [-0.15, -0.1) is 5.10 Å². The highest BCUT2D eigenvalue weighted by Crippen LogP contribution is 2.24. The number of aromatic nitrogens is 5. The van der Waals surface area contributed by atoms with Gasteiger partial charge in [0.05, 0.1) is 5.92 Å². The van der Waals surface area contributed by atoms with E-state index in [2.05, 4.69) is 25.8 Å². The normalized spacial score (nSPS) is 17.6. The van der Waals surface area contributed by atoms with E-state index in [0.29, 0.717) is 12.4 Å². The fourth-order valence-corrected chi connectivity index (χ4v) is 2.82. The van der Waals surface area contributed by atoms with Crippen LogP contribution in [0.4, 0.5) is 0 Å². The van der Waals surface area contributed by atoms with Crippen molar-refractivity contribution in [1.29, 1.82) is 0 Å². The number of nitrogens with one attached hydrogen (secondary N) is 1. The topological polar surface area (TPSA) is 85.6 Å². The molecule has 1 atom stereocenters. The Morgan fingerprint density at radius 3 is 3.09 bits per heavy atom. The molecule has 1 amide bonds. The molecule has 3 rings (SSSR count). The number of tetrazole rings is 1. The van der Waals surface area contributed by atoms with Crippen molar-refractivity contribution >= 4 is 5.91 Å². The highest BCUT2D eigenvalue weighted by atomic mass is 16.1. The van der Waals surface area contributed by atoms with Crippen molar-refractivity contribution in [2.24, 2.45) is 0 Å². The lowest BCUT2D eigenvalue weighted by molar-refractivity contribution is -0.123. The summed E-state index contributed by atoms with van der Waals surface area (Å²) in [6.45, 7) is 5.26. The van der Waals surface area contributed by atoms with Crippen molar-refractivity contribution in [1.82, 2.24) is 30.5 Å². The Labute approximate surface area is 129 Å². The number of hydrogen-bond donors (Lipinski definition) is 1. The molecule has 1 aliphatic heterocycles. The lowest BCUT2D eigenvalue weighted by atomic mass is 10.0. The Bertz CT molecular complexity index is 680. The summed E-state index contributed by atoms with van der Waals surface area (Å²) in [6.07, 6.45) is 4.61. The van der Waals surface area contributed by atoms with E-state index in [1.165, 1.54) is 0 Å². The fourth-order valence-electron chi connectivity index (χ4n) is 2.82. The van der Waals surface area contributed by atoms with Crippen LogP contribution in [0.15, 0.2) is 12.3 Å². The quantitative estimate of drug-likeness (QED) is 0.922. The van der Waals surface area contributed by atoms with E-state index in [9.17, 15) is 4.79 Å². The second kappa shape index (κ2) is 6.21. The molecule has 116 valence electrons. The molecule has 0 radical (unpaired) electrons. The first-order valence-corrected chi connectivity index (χ1v) is 7.61. The molecule has 22 heavy (non-hydrogen) atoms. The molecule has 7 nitrogen and oxygen atoms in total. The zero-order valence-electron chi connectivity index (χ0n) is 12.9. The first-order valence-electron chi connectivity index (χ1n) is 7.61. The van der Waals surface area contributed by atoms with Gasteiger partial charge >= 0.3 is 0 Å². The SMILES string of the molecule is Cc1cc(C)c(CNC(=O)[C@H]2CCCCn3nnnc32)cn1. The molecule has 0 fully saturated rings. The number of hydrogen-bond acceptors (Lipinski definition) is 5. The number of carbonyl (C=O) groups excluding carboxylic acids is 1. The van der Waals surface area contributed by atoms with Gasteiger partial charge in [-0.05, 0) is 54.3 Å². The Hall–Kier alpha value is -2.31. The van der Waals surface area contributed by atoms with Gasteiger partial charge in [-0.25, -0.2) is 4.68 Å². The number of fused-ring (bicyclic) bond motifs is 1. The molecule has 0 aliphatic carbocycles. The summed E-state index contributed by atoms with van der Waals surface area (Å²) in [6, 6.07) is 2.02. The monoisotopic (exact) mass is 300 g/mol. The molecular weight excluding hydrogens is 280 g/mol. The summed E-state index contributed by atoms with van der Waals surface area (Å²) in [5.74, 6) is 0.392. The second-order valence-electron chi connectivity index (χ2n) is 5.78. The number of rotatable bonds is 3. The minimum absolute atomic E-state index is 0.0158. The third kappa shape index (κ3) is 2.98. The number of amides is 1. The largest absolute Gasteiger partial charge is 0.351 e. The van der Waals surface area contributed by atoms with Crippen molar-refractivity contribution in [2.75, 3.05) is 0 Å². The first-order chi connectivity index (χ1) is 10.6. The maximum Gasteiger partial charge on any atom is 0.231 e. The molecule has 0 aromatic carbocycles. The van der Waals surface area contributed by atoms with Gasteiger partial charge in [0.2, 0.25) is 5.91 Å². The molecule has 0 saturated heterocycles. The third-order valence-corrected chi connectivity index (χ3v) is 4.11. The predicted octanol–water partition coefficient (Wildman–Crippen LogP) is 1.27.